The normalized spacial score (nSPS) is 15.4. The van der Waals surface area contributed by atoms with Crippen molar-refractivity contribution in [1.29, 1.82) is 0 Å². The third-order valence-electron chi connectivity index (χ3n) is 5.12. The van der Waals surface area contributed by atoms with E-state index in [-0.39, 0.29) is 28.9 Å². The van der Waals surface area contributed by atoms with E-state index < -0.39 is 14.9 Å². The van der Waals surface area contributed by atoms with Crippen molar-refractivity contribution in [3.63, 3.8) is 0 Å². The van der Waals surface area contributed by atoms with Crippen molar-refractivity contribution in [3.8, 4) is 5.75 Å². The van der Waals surface area contributed by atoms with Crippen molar-refractivity contribution in [2.45, 2.75) is 37.2 Å². The highest BCUT2D eigenvalue weighted by Crippen LogP contribution is 2.30. The average Bonchev–Trinajstić information content (AvgIpc) is 2.72. The molecular weight excluding hydrogens is 394 g/mol. The average molecular weight is 420 g/mol. The third-order valence-corrected chi connectivity index (χ3v) is 7.03. The summed E-state index contributed by atoms with van der Waals surface area (Å²) in [5.74, 6) is 0.147. The first-order valence-corrected chi connectivity index (χ1v) is 10.9. The van der Waals surface area contributed by atoms with E-state index in [1.54, 1.807) is 30.3 Å². The number of aryl methyl sites for hydroxylation is 1. The molecule has 1 fully saturated rings. The first kappa shape index (κ1) is 21.2. The van der Waals surface area contributed by atoms with Crippen molar-refractivity contribution in [2.75, 3.05) is 20.2 Å². The standard InChI is InChI=1S/C20H25N3O5S/c1-15-3-6-18(7-4-15)29(26,27)22(17-9-11-21-12-10-17)14-16-5-8-20(28-2)19(13-16)23(24)25/h3-8,13,17,21H,9-12,14H2,1-2H3. The number of nitro groups is 1. The van der Waals surface area contributed by atoms with E-state index in [2.05, 4.69) is 5.32 Å². The first-order valence-electron chi connectivity index (χ1n) is 9.43. The molecule has 0 radical (unpaired) electrons. The zero-order valence-electron chi connectivity index (χ0n) is 16.5. The molecular formula is C20H25N3O5S. The first-order chi connectivity index (χ1) is 13.8. The van der Waals surface area contributed by atoms with Crippen LogP contribution < -0.4 is 10.1 Å². The summed E-state index contributed by atoms with van der Waals surface area (Å²) in [7, 11) is -2.39. The monoisotopic (exact) mass is 419 g/mol. The highest BCUT2D eigenvalue weighted by atomic mass is 32.2. The van der Waals surface area contributed by atoms with Gasteiger partial charge in [0.2, 0.25) is 10.0 Å². The molecule has 0 saturated carbocycles. The summed E-state index contributed by atoms with van der Waals surface area (Å²) in [6.45, 7) is 3.42. The largest absolute Gasteiger partial charge is 0.490 e. The lowest BCUT2D eigenvalue weighted by Crippen LogP contribution is -2.45. The summed E-state index contributed by atoms with van der Waals surface area (Å²) in [5.41, 5.74) is 1.35. The molecule has 9 heteroatoms. The fraction of sp³-hybridized carbons (Fsp3) is 0.400. The van der Waals surface area contributed by atoms with Gasteiger partial charge in [0.15, 0.2) is 5.75 Å². The Morgan fingerprint density at radius 3 is 2.41 bits per heavy atom. The van der Waals surface area contributed by atoms with Gasteiger partial charge in [0.05, 0.1) is 16.9 Å². The molecule has 0 unspecified atom stereocenters. The summed E-state index contributed by atoms with van der Waals surface area (Å²) in [4.78, 5) is 11.1. The number of nitrogens with zero attached hydrogens (tertiary/aromatic N) is 2. The number of hydrogen-bond acceptors (Lipinski definition) is 6. The lowest BCUT2D eigenvalue weighted by molar-refractivity contribution is -0.385. The maximum atomic E-state index is 13.4. The van der Waals surface area contributed by atoms with Gasteiger partial charge in [-0.15, -0.1) is 0 Å². The number of nitro benzene ring substituents is 1. The number of nitrogens with one attached hydrogen (secondary N) is 1. The molecule has 1 aliphatic heterocycles. The molecule has 0 spiro atoms. The maximum absolute atomic E-state index is 13.4. The Balaban J connectivity index is 1.99. The Morgan fingerprint density at radius 2 is 1.83 bits per heavy atom. The summed E-state index contributed by atoms with van der Waals surface area (Å²) in [5, 5.41) is 14.6. The van der Waals surface area contributed by atoms with Gasteiger partial charge in [-0.1, -0.05) is 23.8 Å². The minimum atomic E-state index is -3.76. The van der Waals surface area contributed by atoms with Crippen LogP contribution in [0.2, 0.25) is 0 Å². The fourth-order valence-electron chi connectivity index (χ4n) is 3.51. The fourth-order valence-corrected chi connectivity index (χ4v) is 5.18. The molecule has 1 aliphatic rings. The Labute approximate surface area is 170 Å². The van der Waals surface area contributed by atoms with Crippen LogP contribution in [0, 0.1) is 17.0 Å². The molecule has 3 rings (SSSR count). The number of benzene rings is 2. The van der Waals surface area contributed by atoms with Gasteiger partial charge >= 0.3 is 5.69 Å². The van der Waals surface area contributed by atoms with Crippen molar-refractivity contribution in [1.82, 2.24) is 9.62 Å². The number of methoxy groups -OCH3 is 1. The highest BCUT2D eigenvalue weighted by Gasteiger charge is 2.33. The molecule has 1 heterocycles. The number of piperidine rings is 1. The lowest BCUT2D eigenvalue weighted by atomic mass is 10.1. The topological polar surface area (TPSA) is 102 Å². The van der Waals surface area contributed by atoms with Gasteiger partial charge in [-0.05, 0) is 56.6 Å². The quantitative estimate of drug-likeness (QED) is 0.547. The Kier molecular flexibility index (Phi) is 6.51. The van der Waals surface area contributed by atoms with Gasteiger partial charge in [0, 0.05) is 18.7 Å². The maximum Gasteiger partial charge on any atom is 0.311 e. The summed E-state index contributed by atoms with van der Waals surface area (Å²) in [6, 6.07) is 11.1. The zero-order valence-corrected chi connectivity index (χ0v) is 17.3. The highest BCUT2D eigenvalue weighted by molar-refractivity contribution is 7.89. The minimum Gasteiger partial charge on any atom is -0.490 e. The predicted molar refractivity (Wildman–Crippen MR) is 109 cm³/mol. The van der Waals surface area contributed by atoms with Crippen molar-refractivity contribution in [2.24, 2.45) is 0 Å². The molecule has 2 aromatic carbocycles. The van der Waals surface area contributed by atoms with Crippen molar-refractivity contribution >= 4 is 15.7 Å². The molecule has 29 heavy (non-hydrogen) atoms. The smallest absolute Gasteiger partial charge is 0.311 e. The van der Waals surface area contributed by atoms with E-state index in [4.69, 9.17) is 4.74 Å². The van der Waals surface area contributed by atoms with E-state index in [9.17, 15) is 18.5 Å². The van der Waals surface area contributed by atoms with Crippen LogP contribution in [0.4, 0.5) is 5.69 Å². The molecule has 2 aromatic rings. The van der Waals surface area contributed by atoms with Crippen LogP contribution in [-0.4, -0.2) is 43.9 Å². The number of rotatable bonds is 7. The molecule has 0 atom stereocenters. The molecule has 1 saturated heterocycles. The van der Waals surface area contributed by atoms with E-state index in [0.717, 1.165) is 18.7 Å². The summed E-state index contributed by atoms with van der Waals surface area (Å²) in [6.07, 6.45) is 1.37. The molecule has 156 valence electrons. The molecule has 8 nitrogen and oxygen atoms in total. The van der Waals surface area contributed by atoms with Crippen LogP contribution in [0.25, 0.3) is 0 Å². The number of ether oxygens (including phenoxy) is 1. The predicted octanol–water partition coefficient (Wildman–Crippen LogP) is 2.85. The third kappa shape index (κ3) is 4.75. The van der Waals surface area contributed by atoms with E-state index in [1.165, 1.54) is 23.5 Å². The Hall–Kier alpha value is -2.49. The summed E-state index contributed by atoms with van der Waals surface area (Å²) < 4.78 is 33.4. The SMILES string of the molecule is COc1ccc(CN(C2CCNCC2)S(=O)(=O)c2ccc(C)cc2)cc1[N+](=O)[O-]. The van der Waals surface area contributed by atoms with E-state index in [0.29, 0.717) is 18.4 Å². The lowest BCUT2D eigenvalue weighted by Gasteiger charge is -2.34. The number of hydrogen-bond donors (Lipinski definition) is 1. The Bertz CT molecular complexity index is 970. The van der Waals surface area contributed by atoms with Gasteiger partial charge in [-0.3, -0.25) is 10.1 Å². The Morgan fingerprint density at radius 1 is 1.17 bits per heavy atom. The molecule has 0 aliphatic carbocycles. The number of sulfonamides is 1. The summed E-state index contributed by atoms with van der Waals surface area (Å²) >= 11 is 0. The van der Waals surface area contributed by atoms with Gasteiger partial charge in [-0.25, -0.2) is 8.42 Å². The van der Waals surface area contributed by atoms with E-state index in [1.807, 2.05) is 6.92 Å². The van der Waals surface area contributed by atoms with Crippen molar-refractivity contribution < 1.29 is 18.1 Å². The van der Waals surface area contributed by atoms with Gasteiger partial charge in [0.1, 0.15) is 0 Å². The minimum absolute atomic E-state index is 0.0612. The molecule has 1 N–H and O–H groups in total. The van der Waals surface area contributed by atoms with Crippen LogP contribution in [0.5, 0.6) is 5.75 Å². The van der Waals surface area contributed by atoms with Crippen LogP contribution in [0.1, 0.15) is 24.0 Å². The van der Waals surface area contributed by atoms with Gasteiger partial charge in [-0.2, -0.15) is 4.31 Å². The van der Waals surface area contributed by atoms with Crippen LogP contribution in [-0.2, 0) is 16.6 Å². The van der Waals surface area contributed by atoms with Crippen molar-refractivity contribution in [3.05, 3.63) is 63.7 Å². The van der Waals surface area contributed by atoms with Crippen LogP contribution in [0.3, 0.4) is 0 Å². The van der Waals surface area contributed by atoms with E-state index >= 15 is 0 Å². The van der Waals surface area contributed by atoms with Gasteiger partial charge in [0.25, 0.3) is 0 Å². The van der Waals surface area contributed by atoms with Crippen LogP contribution >= 0.6 is 0 Å². The molecule has 0 aromatic heterocycles. The van der Waals surface area contributed by atoms with Gasteiger partial charge < -0.3 is 10.1 Å². The van der Waals surface area contributed by atoms with Crippen LogP contribution in [0.15, 0.2) is 47.4 Å². The molecule has 0 bridgehead atoms. The second-order valence-electron chi connectivity index (χ2n) is 7.11. The second kappa shape index (κ2) is 8.89. The molecule has 0 amide bonds. The second-order valence-corrected chi connectivity index (χ2v) is 9.00. The zero-order chi connectivity index (χ0) is 21.0.